The minimum atomic E-state index is -3.94. The first-order chi connectivity index (χ1) is 4.08. The van der Waals surface area contributed by atoms with Crippen LogP contribution in [0.3, 0.4) is 0 Å². The highest BCUT2D eigenvalue weighted by atomic mass is 32.2. The number of thioether (sulfide) groups is 1. The molecule has 0 aromatic heterocycles. The molecule has 0 amide bonds. The summed E-state index contributed by atoms with van der Waals surface area (Å²) in [6.07, 6.45) is -4.52. The van der Waals surface area contributed by atoms with E-state index in [2.05, 4.69) is 0 Å². The first-order valence-electron chi connectivity index (χ1n) is 2.72. The molecule has 54 valence electrons. The lowest BCUT2D eigenvalue weighted by atomic mass is 10.1. The first-order valence-corrected chi connectivity index (χ1v) is 3.88. The highest BCUT2D eigenvalue weighted by molar-refractivity contribution is 8.00. The van der Waals surface area contributed by atoms with E-state index in [-0.39, 0.29) is 5.92 Å². The standard InChI is InChI=1S/C5H7F3S/c6-5(7,8)1-4-2-9-3-4/h4H,1-3H2. The highest BCUT2D eigenvalue weighted by Crippen LogP contribution is 2.34. The van der Waals surface area contributed by atoms with E-state index in [4.69, 9.17) is 0 Å². The highest BCUT2D eigenvalue weighted by Gasteiger charge is 2.34. The van der Waals surface area contributed by atoms with E-state index in [0.29, 0.717) is 11.5 Å². The number of halogens is 3. The Bertz CT molecular complexity index is 94.9. The molecule has 0 bridgehead atoms. The predicted octanol–water partition coefficient (Wildman–Crippen LogP) is 2.30. The average molecular weight is 156 g/mol. The van der Waals surface area contributed by atoms with Gasteiger partial charge in [-0.25, -0.2) is 0 Å². The van der Waals surface area contributed by atoms with Crippen molar-refractivity contribution in [3.63, 3.8) is 0 Å². The van der Waals surface area contributed by atoms with Gasteiger partial charge in [-0.1, -0.05) is 0 Å². The summed E-state index contributed by atoms with van der Waals surface area (Å²) >= 11 is 1.59. The number of alkyl halides is 3. The van der Waals surface area contributed by atoms with E-state index in [0.717, 1.165) is 0 Å². The molecule has 0 saturated carbocycles. The van der Waals surface area contributed by atoms with E-state index in [1.54, 1.807) is 11.8 Å². The molecule has 9 heavy (non-hydrogen) atoms. The zero-order valence-corrected chi connectivity index (χ0v) is 5.56. The van der Waals surface area contributed by atoms with Crippen molar-refractivity contribution in [1.29, 1.82) is 0 Å². The second-order valence-corrected chi connectivity index (χ2v) is 3.30. The third kappa shape index (κ3) is 2.47. The maximum Gasteiger partial charge on any atom is 0.389 e. The van der Waals surface area contributed by atoms with Crippen molar-refractivity contribution in [2.45, 2.75) is 12.6 Å². The molecule has 0 aliphatic carbocycles. The molecule has 0 aromatic carbocycles. The Morgan fingerprint density at radius 3 is 2.00 bits per heavy atom. The number of rotatable bonds is 1. The van der Waals surface area contributed by atoms with Crippen LogP contribution in [-0.4, -0.2) is 17.7 Å². The Balaban J connectivity index is 2.16. The molecule has 0 radical (unpaired) electrons. The molecule has 1 fully saturated rings. The van der Waals surface area contributed by atoms with Crippen LogP contribution in [0.1, 0.15) is 6.42 Å². The van der Waals surface area contributed by atoms with Crippen LogP contribution in [-0.2, 0) is 0 Å². The van der Waals surface area contributed by atoms with Gasteiger partial charge in [-0.2, -0.15) is 24.9 Å². The molecule has 0 N–H and O–H groups in total. The lowest BCUT2D eigenvalue weighted by Gasteiger charge is -2.25. The lowest BCUT2D eigenvalue weighted by molar-refractivity contribution is -0.141. The molecule has 0 aromatic rings. The largest absolute Gasteiger partial charge is 0.389 e. The van der Waals surface area contributed by atoms with Crippen molar-refractivity contribution < 1.29 is 13.2 Å². The monoisotopic (exact) mass is 156 g/mol. The van der Waals surface area contributed by atoms with Crippen LogP contribution in [0.15, 0.2) is 0 Å². The third-order valence-corrected chi connectivity index (χ3v) is 2.64. The summed E-state index contributed by atoms with van der Waals surface area (Å²) in [4.78, 5) is 0. The van der Waals surface area contributed by atoms with Crippen LogP contribution in [0.25, 0.3) is 0 Å². The fourth-order valence-corrected chi connectivity index (χ4v) is 1.53. The fraction of sp³-hybridized carbons (Fsp3) is 1.00. The predicted molar refractivity (Wildman–Crippen MR) is 31.5 cm³/mol. The Kier molecular flexibility index (Phi) is 1.94. The molecule has 1 heterocycles. The van der Waals surface area contributed by atoms with E-state index in [1.807, 2.05) is 0 Å². The molecular formula is C5H7F3S. The van der Waals surface area contributed by atoms with Gasteiger partial charge in [0.05, 0.1) is 0 Å². The average Bonchev–Trinajstić information content (AvgIpc) is 1.53. The van der Waals surface area contributed by atoms with Gasteiger partial charge in [0, 0.05) is 6.42 Å². The zero-order valence-electron chi connectivity index (χ0n) is 4.74. The topological polar surface area (TPSA) is 0 Å². The fourth-order valence-electron chi connectivity index (χ4n) is 0.730. The smallest absolute Gasteiger partial charge is 0.171 e. The Morgan fingerprint density at radius 2 is 1.89 bits per heavy atom. The van der Waals surface area contributed by atoms with Crippen molar-refractivity contribution in [3.05, 3.63) is 0 Å². The summed E-state index contributed by atoms with van der Waals surface area (Å²) in [7, 11) is 0. The summed E-state index contributed by atoms with van der Waals surface area (Å²) in [6.45, 7) is 0. The van der Waals surface area contributed by atoms with Gasteiger partial charge in [-0.3, -0.25) is 0 Å². The van der Waals surface area contributed by atoms with Gasteiger partial charge >= 0.3 is 6.18 Å². The Labute approximate surface area is 55.8 Å². The minimum absolute atomic E-state index is 0.0880. The van der Waals surface area contributed by atoms with E-state index >= 15 is 0 Å². The van der Waals surface area contributed by atoms with Crippen LogP contribution in [0.5, 0.6) is 0 Å². The maximum absolute atomic E-state index is 11.5. The molecular weight excluding hydrogens is 149 g/mol. The van der Waals surface area contributed by atoms with E-state index < -0.39 is 12.6 Å². The molecule has 4 heteroatoms. The number of hydrogen-bond acceptors (Lipinski definition) is 1. The van der Waals surface area contributed by atoms with Gasteiger partial charge in [0.2, 0.25) is 0 Å². The van der Waals surface area contributed by atoms with Crippen molar-refractivity contribution >= 4 is 11.8 Å². The van der Waals surface area contributed by atoms with E-state index in [1.165, 1.54) is 0 Å². The molecule has 1 aliphatic heterocycles. The van der Waals surface area contributed by atoms with Crippen LogP contribution in [0.4, 0.5) is 13.2 Å². The molecule has 0 spiro atoms. The Hall–Kier alpha value is 0.140. The van der Waals surface area contributed by atoms with E-state index in [9.17, 15) is 13.2 Å². The van der Waals surface area contributed by atoms with Gasteiger partial charge in [-0.05, 0) is 17.4 Å². The SMILES string of the molecule is FC(F)(F)CC1CSC1. The van der Waals surface area contributed by atoms with Crippen LogP contribution in [0.2, 0.25) is 0 Å². The normalized spacial score (nSPS) is 21.7. The zero-order chi connectivity index (χ0) is 6.91. The molecule has 0 nitrogen and oxygen atoms in total. The molecule has 0 atom stereocenters. The molecule has 0 unspecified atom stereocenters. The van der Waals surface area contributed by atoms with Crippen LogP contribution in [0, 0.1) is 5.92 Å². The van der Waals surface area contributed by atoms with Crippen molar-refractivity contribution in [2.75, 3.05) is 11.5 Å². The molecule has 1 saturated heterocycles. The van der Waals surface area contributed by atoms with Crippen molar-refractivity contribution in [2.24, 2.45) is 5.92 Å². The summed E-state index contributed by atoms with van der Waals surface area (Å²) in [5, 5.41) is 0. The quantitative estimate of drug-likeness (QED) is 0.561. The van der Waals surface area contributed by atoms with Gasteiger partial charge in [-0.15, -0.1) is 0 Å². The molecule has 1 rings (SSSR count). The lowest BCUT2D eigenvalue weighted by Crippen LogP contribution is -2.25. The Morgan fingerprint density at radius 1 is 1.33 bits per heavy atom. The third-order valence-electron chi connectivity index (χ3n) is 1.23. The second-order valence-electron chi connectivity index (χ2n) is 2.22. The van der Waals surface area contributed by atoms with Crippen LogP contribution >= 0.6 is 11.8 Å². The summed E-state index contributed by atoms with van der Waals surface area (Å²) in [5.74, 6) is 1.30. The summed E-state index contributed by atoms with van der Waals surface area (Å²) in [6, 6.07) is 0. The maximum atomic E-state index is 11.5. The van der Waals surface area contributed by atoms with Gasteiger partial charge in [0.1, 0.15) is 0 Å². The van der Waals surface area contributed by atoms with Crippen molar-refractivity contribution in [3.8, 4) is 0 Å². The summed E-state index contributed by atoms with van der Waals surface area (Å²) in [5.41, 5.74) is 0. The second kappa shape index (κ2) is 2.40. The van der Waals surface area contributed by atoms with Gasteiger partial charge < -0.3 is 0 Å². The molecule has 1 aliphatic rings. The van der Waals surface area contributed by atoms with Gasteiger partial charge in [0.25, 0.3) is 0 Å². The van der Waals surface area contributed by atoms with Crippen LogP contribution < -0.4 is 0 Å². The van der Waals surface area contributed by atoms with Gasteiger partial charge in [0.15, 0.2) is 0 Å². The first kappa shape index (κ1) is 7.25. The minimum Gasteiger partial charge on any atom is -0.171 e. The number of hydrogen-bond donors (Lipinski definition) is 0. The van der Waals surface area contributed by atoms with Crippen molar-refractivity contribution in [1.82, 2.24) is 0 Å². The summed E-state index contributed by atoms with van der Waals surface area (Å²) < 4.78 is 34.6.